The fourth-order valence-electron chi connectivity index (χ4n) is 0.224. The third-order valence-corrected chi connectivity index (χ3v) is 0.447. The van der Waals surface area contributed by atoms with Gasteiger partial charge in [0, 0.05) is 0 Å². The van der Waals surface area contributed by atoms with E-state index in [4.69, 9.17) is 0 Å². The molecule has 0 aliphatic rings. The molecule has 0 aliphatic heterocycles. The summed E-state index contributed by atoms with van der Waals surface area (Å²) >= 11 is 9.74. The first-order valence-corrected chi connectivity index (χ1v) is 14.4. The Balaban J connectivity index is -0.0000000910. The summed E-state index contributed by atoms with van der Waals surface area (Å²) in [5, 5.41) is 3.97. The number of halogens is 3. The third-order valence-electron chi connectivity index (χ3n) is 0.447. The molecule has 0 N–H and O–H groups in total. The van der Waals surface area contributed by atoms with E-state index in [2.05, 4.69) is 46.2 Å². The first-order valence-electron chi connectivity index (χ1n) is 2.45. The summed E-state index contributed by atoms with van der Waals surface area (Å²) < 4.78 is 0. The van der Waals surface area contributed by atoms with Crippen LogP contribution >= 0.6 is 40.9 Å². The second kappa shape index (κ2) is 17.7. The molecule has 0 aromatic rings. The standard InChI is InChI=1S/C4H10N.3BrH.2Ru/c1-3-5-4-2;;;;;/h3-4H2,1-2H3;3*1H;;/q-1;;;;+1;+3/p-3. The molecule has 1 radical (unpaired) electrons. The van der Waals surface area contributed by atoms with Crippen molar-refractivity contribution in [2.75, 3.05) is 13.1 Å². The van der Waals surface area contributed by atoms with Gasteiger partial charge in [-0.15, -0.1) is 0 Å². The molecule has 0 atom stereocenters. The zero-order chi connectivity index (χ0) is 7.70. The zero-order valence-corrected chi connectivity index (χ0v) is 13.9. The second-order valence-electron chi connectivity index (χ2n) is 1.01. The van der Waals surface area contributed by atoms with Crippen LogP contribution in [0.25, 0.3) is 5.32 Å². The van der Waals surface area contributed by atoms with Crippen LogP contribution in [0.4, 0.5) is 0 Å². The molecule has 0 aromatic heterocycles. The topological polar surface area (TPSA) is 14.1 Å². The minimum atomic E-state index is -0.732. The molecule has 0 rings (SSSR count). The van der Waals surface area contributed by atoms with Gasteiger partial charge in [0.2, 0.25) is 0 Å². The minimum absolute atomic E-state index is 0. The van der Waals surface area contributed by atoms with E-state index in [9.17, 15) is 0 Å². The fraction of sp³-hybridized carbons (Fsp3) is 1.00. The van der Waals surface area contributed by atoms with E-state index in [-0.39, 0.29) is 19.5 Å². The van der Waals surface area contributed by atoms with Gasteiger partial charge in [0.1, 0.15) is 0 Å². The van der Waals surface area contributed by atoms with Crippen LogP contribution in [-0.4, -0.2) is 13.1 Å². The summed E-state index contributed by atoms with van der Waals surface area (Å²) in [4.78, 5) is 0. The summed E-state index contributed by atoms with van der Waals surface area (Å²) in [7, 11) is -0.732. The van der Waals surface area contributed by atoms with Crippen molar-refractivity contribution in [3.8, 4) is 0 Å². The third kappa shape index (κ3) is 45.9. The van der Waals surface area contributed by atoms with Gasteiger partial charge in [-0.3, -0.25) is 0 Å². The molecule has 1 nitrogen and oxygen atoms in total. The van der Waals surface area contributed by atoms with E-state index in [1.807, 2.05) is 13.8 Å². The van der Waals surface area contributed by atoms with Gasteiger partial charge in [-0.1, -0.05) is 13.8 Å². The van der Waals surface area contributed by atoms with E-state index in [1.54, 1.807) is 0 Å². The van der Waals surface area contributed by atoms with E-state index < -0.39 is 10.1 Å². The maximum absolute atomic E-state index is 3.97. The molecule has 68 valence electrons. The minimum Gasteiger partial charge on any atom is 1.00 e. The van der Waals surface area contributed by atoms with Crippen LogP contribution in [-0.2, 0) is 29.5 Å². The molecule has 0 spiro atoms. The quantitative estimate of drug-likeness (QED) is 0.497. The summed E-state index contributed by atoms with van der Waals surface area (Å²) in [5.74, 6) is 0. The van der Waals surface area contributed by atoms with Crippen molar-refractivity contribution in [1.82, 2.24) is 0 Å². The van der Waals surface area contributed by atoms with Gasteiger partial charge in [-0.05, 0) is 0 Å². The normalized spacial score (nSPS) is 8.70. The Bertz CT molecular complexity index is 42.7. The number of hydrogen-bond donors (Lipinski definition) is 0. The van der Waals surface area contributed by atoms with Crippen LogP contribution in [0, 0.1) is 0 Å². The van der Waals surface area contributed by atoms with Crippen molar-refractivity contribution < 1.29 is 29.5 Å². The average Bonchev–Trinajstić information content (AvgIpc) is 1.66. The van der Waals surface area contributed by atoms with Crippen LogP contribution < -0.4 is 0 Å². The smallest absolute Gasteiger partial charge is 1.00 e. The molecular formula is C4H10Br3NRu2. The Labute approximate surface area is 101 Å². The van der Waals surface area contributed by atoms with Gasteiger partial charge in [0.05, 0.1) is 0 Å². The maximum Gasteiger partial charge on any atom is 1.00 e. The molecule has 6 heteroatoms. The molecule has 0 bridgehead atoms. The molecule has 0 aliphatic carbocycles. The Morgan fingerprint density at radius 1 is 1.10 bits per heavy atom. The largest absolute Gasteiger partial charge is 1.00 e. The molecule has 0 heterocycles. The summed E-state index contributed by atoms with van der Waals surface area (Å²) in [6.07, 6.45) is 0. The SMILES string of the molecule is CC[N-]CC.[Br][Ru]([Br])[Br].[Ru+]. The Hall–Kier alpha value is 2.65. The maximum atomic E-state index is 3.97. The van der Waals surface area contributed by atoms with E-state index in [0.29, 0.717) is 0 Å². The van der Waals surface area contributed by atoms with E-state index in [1.165, 1.54) is 0 Å². The Morgan fingerprint density at radius 2 is 1.30 bits per heavy atom. The number of nitrogens with zero attached hydrogens (tertiary/aromatic N) is 1. The average molecular weight is 514 g/mol. The van der Waals surface area contributed by atoms with Crippen LogP contribution in [0.2, 0.25) is 0 Å². The first-order chi connectivity index (χ1) is 4.15. The van der Waals surface area contributed by atoms with Crippen molar-refractivity contribution >= 4 is 40.9 Å². The van der Waals surface area contributed by atoms with Crippen LogP contribution in [0.3, 0.4) is 0 Å². The predicted octanol–water partition coefficient (Wildman–Crippen LogP) is 3.93. The number of hydrogen-bond acceptors (Lipinski definition) is 0. The summed E-state index contributed by atoms with van der Waals surface area (Å²) in [6, 6.07) is 0. The van der Waals surface area contributed by atoms with Crippen molar-refractivity contribution in [2.45, 2.75) is 13.8 Å². The molecule has 0 amide bonds. The van der Waals surface area contributed by atoms with Crippen LogP contribution in [0.15, 0.2) is 0 Å². The first kappa shape index (κ1) is 18.4. The molecule has 0 aromatic carbocycles. The van der Waals surface area contributed by atoms with Gasteiger partial charge in [-0.2, -0.15) is 13.1 Å². The van der Waals surface area contributed by atoms with Gasteiger partial charge >= 0.3 is 70.4 Å². The van der Waals surface area contributed by atoms with E-state index >= 15 is 0 Å². The molecule has 0 unspecified atom stereocenters. The van der Waals surface area contributed by atoms with Gasteiger partial charge < -0.3 is 5.32 Å². The molecule has 0 saturated heterocycles. The number of rotatable bonds is 2. The van der Waals surface area contributed by atoms with Crippen molar-refractivity contribution in [2.24, 2.45) is 0 Å². The fourth-order valence-corrected chi connectivity index (χ4v) is 0.224. The Kier molecular flexibility index (Phi) is 32.6. The van der Waals surface area contributed by atoms with Crippen molar-refractivity contribution in [3.63, 3.8) is 0 Å². The van der Waals surface area contributed by atoms with Crippen LogP contribution in [0.1, 0.15) is 13.8 Å². The van der Waals surface area contributed by atoms with Crippen molar-refractivity contribution in [3.05, 3.63) is 5.32 Å². The molecular weight excluding hydrogens is 504 g/mol. The zero-order valence-electron chi connectivity index (χ0n) is 5.70. The summed E-state index contributed by atoms with van der Waals surface area (Å²) in [6.45, 7) is 6.03. The predicted molar refractivity (Wildman–Crippen MR) is 51.2 cm³/mol. The van der Waals surface area contributed by atoms with Gasteiger partial charge in [0.15, 0.2) is 0 Å². The molecule has 0 saturated carbocycles. The van der Waals surface area contributed by atoms with Crippen LogP contribution in [0.5, 0.6) is 0 Å². The van der Waals surface area contributed by atoms with Crippen molar-refractivity contribution in [1.29, 1.82) is 0 Å². The Morgan fingerprint density at radius 3 is 1.30 bits per heavy atom. The second-order valence-corrected chi connectivity index (χ2v) is 25.1. The molecule has 0 fully saturated rings. The van der Waals surface area contributed by atoms with Gasteiger partial charge in [-0.25, -0.2) is 0 Å². The van der Waals surface area contributed by atoms with Gasteiger partial charge in [0.25, 0.3) is 0 Å². The monoisotopic (exact) mass is 513 g/mol. The molecule has 10 heavy (non-hydrogen) atoms. The van der Waals surface area contributed by atoms with E-state index in [0.717, 1.165) is 13.1 Å². The summed E-state index contributed by atoms with van der Waals surface area (Å²) in [5.41, 5.74) is 0.